The van der Waals surface area contributed by atoms with E-state index in [4.69, 9.17) is 5.11 Å². The molecule has 1 aliphatic rings. The van der Waals surface area contributed by atoms with E-state index < -0.39 is 5.97 Å². The van der Waals surface area contributed by atoms with E-state index in [0.29, 0.717) is 6.42 Å². The smallest absolute Gasteiger partial charge is 0.303 e. The summed E-state index contributed by atoms with van der Waals surface area (Å²) in [5.74, 6) is 0.316. The Morgan fingerprint density at radius 3 is 2.71 bits per heavy atom. The molecule has 0 amide bonds. The number of rotatable bonds is 5. The molecule has 4 nitrogen and oxygen atoms in total. The number of carbonyl (C=O) groups is 1. The van der Waals surface area contributed by atoms with Crippen molar-refractivity contribution in [2.75, 3.05) is 18.0 Å². The fourth-order valence-electron chi connectivity index (χ4n) is 2.14. The molecule has 2 heterocycles. The Bertz CT molecular complexity index is 370. The molecule has 1 saturated heterocycles. The van der Waals surface area contributed by atoms with Gasteiger partial charge in [-0.25, -0.2) is 4.98 Å². The molecule has 1 N–H and O–H groups in total. The van der Waals surface area contributed by atoms with Gasteiger partial charge >= 0.3 is 5.97 Å². The van der Waals surface area contributed by atoms with Crippen LogP contribution in [-0.4, -0.2) is 29.1 Å². The van der Waals surface area contributed by atoms with E-state index in [2.05, 4.69) is 16.0 Å². The lowest BCUT2D eigenvalue weighted by atomic mass is 10.1. The van der Waals surface area contributed by atoms with Crippen molar-refractivity contribution in [1.29, 1.82) is 0 Å². The fraction of sp³-hybridized carbons (Fsp3) is 0.538. The summed E-state index contributed by atoms with van der Waals surface area (Å²) in [7, 11) is 0. The molecule has 0 aromatic carbocycles. The van der Waals surface area contributed by atoms with Gasteiger partial charge in [0.05, 0.1) is 0 Å². The summed E-state index contributed by atoms with van der Waals surface area (Å²) >= 11 is 0. The first kappa shape index (κ1) is 11.9. The highest BCUT2D eigenvalue weighted by molar-refractivity contribution is 5.66. The first-order valence-electron chi connectivity index (χ1n) is 6.17. The van der Waals surface area contributed by atoms with E-state index in [1.165, 1.54) is 12.8 Å². The highest BCUT2D eigenvalue weighted by Crippen LogP contribution is 2.18. The van der Waals surface area contributed by atoms with Gasteiger partial charge in [0.25, 0.3) is 0 Å². The van der Waals surface area contributed by atoms with Crippen molar-refractivity contribution in [3.63, 3.8) is 0 Å². The van der Waals surface area contributed by atoms with E-state index in [-0.39, 0.29) is 6.42 Å². The molecule has 0 aliphatic carbocycles. The van der Waals surface area contributed by atoms with Gasteiger partial charge in [-0.05, 0) is 37.3 Å². The number of hydrogen-bond acceptors (Lipinski definition) is 3. The van der Waals surface area contributed by atoms with Crippen LogP contribution in [0.2, 0.25) is 0 Å². The van der Waals surface area contributed by atoms with Gasteiger partial charge in [0.15, 0.2) is 0 Å². The molecule has 1 fully saturated rings. The molecule has 1 aromatic rings. The van der Waals surface area contributed by atoms with Crippen molar-refractivity contribution in [2.45, 2.75) is 32.1 Å². The Labute approximate surface area is 101 Å². The van der Waals surface area contributed by atoms with Gasteiger partial charge in [-0.3, -0.25) is 4.79 Å². The van der Waals surface area contributed by atoms with Gasteiger partial charge in [0, 0.05) is 25.7 Å². The molecule has 0 saturated carbocycles. The number of aromatic nitrogens is 1. The van der Waals surface area contributed by atoms with Gasteiger partial charge in [-0.15, -0.1) is 0 Å². The molecule has 0 atom stereocenters. The molecule has 0 spiro atoms. The van der Waals surface area contributed by atoms with E-state index >= 15 is 0 Å². The second-order valence-corrected chi connectivity index (χ2v) is 4.47. The van der Waals surface area contributed by atoms with E-state index in [0.717, 1.165) is 30.9 Å². The average Bonchev–Trinajstić information content (AvgIpc) is 2.83. The largest absolute Gasteiger partial charge is 0.481 e. The lowest BCUT2D eigenvalue weighted by Crippen LogP contribution is -2.18. The van der Waals surface area contributed by atoms with Crippen molar-refractivity contribution in [3.05, 3.63) is 23.9 Å². The summed E-state index contributed by atoms with van der Waals surface area (Å²) in [6, 6.07) is 4.10. The topological polar surface area (TPSA) is 53.4 Å². The van der Waals surface area contributed by atoms with Gasteiger partial charge < -0.3 is 10.0 Å². The summed E-state index contributed by atoms with van der Waals surface area (Å²) < 4.78 is 0. The first-order chi connectivity index (χ1) is 8.25. The van der Waals surface area contributed by atoms with Gasteiger partial charge in [0.1, 0.15) is 5.82 Å². The number of pyridine rings is 1. The number of aliphatic carboxylic acids is 1. The van der Waals surface area contributed by atoms with Crippen LogP contribution < -0.4 is 4.90 Å². The highest BCUT2D eigenvalue weighted by atomic mass is 16.4. The SMILES string of the molecule is O=C(O)CCCc1ccc(N2CCCC2)nc1. The number of aryl methyl sites for hydroxylation is 1. The van der Waals surface area contributed by atoms with Crippen LogP contribution in [-0.2, 0) is 11.2 Å². The van der Waals surface area contributed by atoms with Crippen LogP contribution in [0.15, 0.2) is 18.3 Å². The Kier molecular flexibility index (Phi) is 3.96. The highest BCUT2D eigenvalue weighted by Gasteiger charge is 2.12. The van der Waals surface area contributed by atoms with Crippen LogP contribution in [0.1, 0.15) is 31.2 Å². The molecule has 92 valence electrons. The average molecular weight is 234 g/mol. The van der Waals surface area contributed by atoms with Crippen molar-refractivity contribution in [3.8, 4) is 0 Å². The number of nitrogens with zero attached hydrogens (tertiary/aromatic N) is 2. The van der Waals surface area contributed by atoms with Crippen molar-refractivity contribution in [1.82, 2.24) is 4.98 Å². The van der Waals surface area contributed by atoms with E-state index in [1.54, 1.807) is 0 Å². The molecule has 1 aromatic heterocycles. The molecule has 4 heteroatoms. The third kappa shape index (κ3) is 3.44. The fourth-order valence-corrected chi connectivity index (χ4v) is 2.14. The molecule has 1 aliphatic heterocycles. The molecular weight excluding hydrogens is 216 g/mol. The molecule has 0 bridgehead atoms. The molecule has 0 radical (unpaired) electrons. The zero-order valence-electron chi connectivity index (χ0n) is 9.93. The minimum absolute atomic E-state index is 0.230. The zero-order chi connectivity index (χ0) is 12.1. The molecule has 0 unspecified atom stereocenters. The Balaban J connectivity index is 1.86. The third-order valence-electron chi connectivity index (χ3n) is 3.10. The normalized spacial score (nSPS) is 15.2. The summed E-state index contributed by atoms with van der Waals surface area (Å²) in [5.41, 5.74) is 1.12. The lowest BCUT2D eigenvalue weighted by molar-refractivity contribution is -0.137. The van der Waals surface area contributed by atoms with Crippen LogP contribution in [0.5, 0.6) is 0 Å². The van der Waals surface area contributed by atoms with Gasteiger partial charge in [-0.2, -0.15) is 0 Å². The molecule has 17 heavy (non-hydrogen) atoms. The summed E-state index contributed by atoms with van der Waals surface area (Å²) in [6.45, 7) is 2.21. The van der Waals surface area contributed by atoms with Crippen LogP contribution in [0.25, 0.3) is 0 Å². The van der Waals surface area contributed by atoms with Crippen molar-refractivity contribution in [2.24, 2.45) is 0 Å². The standard InChI is InChI=1S/C13H18N2O2/c16-13(17)5-3-4-11-6-7-12(14-10-11)15-8-1-2-9-15/h6-7,10H,1-5,8-9H2,(H,16,17). The van der Waals surface area contributed by atoms with Gasteiger partial charge in [0.2, 0.25) is 0 Å². The molecule has 2 rings (SSSR count). The van der Waals surface area contributed by atoms with Crippen LogP contribution >= 0.6 is 0 Å². The number of carboxylic acid groups (broad SMARTS) is 1. The van der Waals surface area contributed by atoms with Crippen LogP contribution in [0, 0.1) is 0 Å². The summed E-state index contributed by atoms with van der Waals surface area (Å²) in [4.78, 5) is 17.1. The Morgan fingerprint density at radius 2 is 2.12 bits per heavy atom. The van der Waals surface area contributed by atoms with Gasteiger partial charge in [-0.1, -0.05) is 6.07 Å². The minimum atomic E-state index is -0.730. The van der Waals surface area contributed by atoms with E-state index in [9.17, 15) is 4.79 Å². The Morgan fingerprint density at radius 1 is 1.35 bits per heavy atom. The quantitative estimate of drug-likeness (QED) is 0.847. The summed E-state index contributed by atoms with van der Waals surface area (Å²) in [5, 5.41) is 8.56. The number of hydrogen-bond donors (Lipinski definition) is 1. The van der Waals surface area contributed by atoms with E-state index in [1.807, 2.05) is 12.3 Å². The van der Waals surface area contributed by atoms with Crippen molar-refractivity contribution < 1.29 is 9.90 Å². The van der Waals surface area contributed by atoms with Crippen molar-refractivity contribution >= 4 is 11.8 Å². The predicted molar refractivity (Wildman–Crippen MR) is 66.3 cm³/mol. The predicted octanol–water partition coefficient (Wildman–Crippen LogP) is 2.09. The maximum atomic E-state index is 10.4. The third-order valence-corrected chi connectivity index (χ3v) is 3.10. The zero-order valence-corrected chi connectivity index (χ0v) is 9.93. The number of anilines is 1. The monoisotopic (exact) mass is 234 g/mol. The van der Waals surface area contributed by atoms with Crippen LogP contribution in [0.4, 0.5) is 5.82 Å². The second-order valence-electron chi connectivity index (χ2n) is 4.47. The van der Waals surface area contributed by atoms with Crippen LogP contribution in [0.3, 0.4) is 0 Å². The minimum Gasteiger partial charge on any atom is -0.481 e. The molecular formula is C13H18N2O2. The summed E-state index contributed by atoms with van der Waals surface area (Å²) in [6.07, 6.45) is 6.08. The number of carboxylic acids is 1. The second kappa shape index (κ2) is 5.66. The maximum absolute atomic E-state index is 10.4. The Hall–Kier alpha value is -1.58. The lowest BCUT2D eigenvalue weighted by Gasteiger charge is -2.16. The first-order valence-corrected chi connectivity index (χ1v) is 6.17. The maximum Gasteiger partial charge on any atom is 0.303 e.